The fraction of sp³-hybridized carbons (Fsp3) is 0.0667. The highest BCUT2D eigenvalue weighted by Crippen LogP contribution is 2.29. The van der Waals surface area contributed by atoms with Gasteiger partial charge in [0.1, 0.15) is 28.9 Å². The molecular formula is C30H20N4O4S2. The van der Waals surface area contributed by atoms with Gasteiger partial charge in [0, 0.05) is 17.6 Å². The topological polar surface area (TPSA) is 115 Å². The van der Waals surface area contributed by atoms with Crippen molar-refractivity contribution in [2.75, 3.05) is 0 Å². The summed E-state index contributed by atoms with van der Waals surface area (Å²) >= 11 is 2.29. The number of carbonyl (C=O) groups excluding carboxylic acids is 1. The van der Waals surface area contributed by atoms with E-state index in [1.54, 1.807) is 42.5 Å². The number of Topliss-reactive ketones (excluding diaryl/α,β-unsaturated/α-hetero) is 1. The molecule has 0 aliphatic heterocycles. The highest BCUT2D eigenvalue weighted by Gasteiger charge is 2.25. The number of benzene rings is 4. The van der Waals surface area contributed by atoms with Gasteiger partial charge in [-0.1, -0.05) is 47.0 Å². The molecule has 0 unspecified atom stereocenters. The maximum absolute atomic E-state index is 14.0. The van der Waals surface area contributed by atoms with Crippen LogP contribution in [0.4, 0.5) is 0 Å². The Kier molecular flexibility index (Phi) is 7.09. The fourth-order valence-electron chi connectivity index (χ4n) is 4.40. The first-order valence-corrected chi connectivity index (χ1v) is 13.8. The summed E-state index contributed by atoms with van der Waals surface area (Å²) < 4.78 is 19.2. The third kappa shape index (κ3) is 5.35. The van der Waals surface area contributed by atoms with Crippen LogP contribution in [0.1, 0.15) is 27.0 Å². The predicted molar refractivity (Wildman–Crippen MR) is 155 cm³/mol. The van der Waals surface area contributed by atoms with Gasteiger partial charge in [-0.15, -0.1) is 5.10 Å². The number of hydrogen-bond acceptors (Lipinski definition) is 9. The van der Waals surface area contributed by atoms with Crippen molar-refractivity contribution in [3.05, 3.63) is 119 Å². The number of hydrogen-bond donors (Lipinski definition) is 1. The van der Waals surface area contributed by atoms with Crippen LogP contribution in [0.25, 0.3) is 26.8 Å². The number of aromatic nitrogens is 4. The number of allylic oxidation sites excluding steroid dienone is 1. The van der Waals surface area contributed by atoms with Gasteiger partial charge in [-0.2, -0.15) is 8.75 Å². The summed E-state index contributed by atoms with van der Waals surface area (Å²) in [7, 11) is 0. The molecule has 0 aliphatic carbocycles. The molecule has 0 amide bonds. The molecule has 2 aromatic heterocycles. The Bertz CT molecular complexity index is 1880. The molecule has 10 heteroatoms. The van der Waals surface area contributed by atoms with Gasteiger partial charge in [0.15, 0.2) is 5.78 Å². The van der Waals surface area contributed by atoms with Gasteiger partial charge in [-0.05, 0) is 76.8 Å². The van der Waals surface area contributed by atoms with E-state index in [2.05, 4.69) is 18.3 Å². The van der Waals surface area contributed by atoms with Crippen molar-refractivity contribution in [2.24, 2.45) is 0 Å². The lowest BCUT2D eigenvalue weighted by molar-refractivity contribution is -0.130. The molecule has 6 rings (SSSR count). The molecule has 2 heterocycles. The summed E-state index contributed by atoms with van der Waals surface area (Å²) in [4.78, 5) is 26.7. The van der Waals surface area contributed by atoms with Crippen LogP contribution >= 0.6 is 23.3 Å². The molecule has 0 radical (unpaired) electrons. The van der Waals surface area contributed by atoms with Crippen LogP contribution in [0.5, 0.6) is 5.75 Å². The summed E-state index contributed by atoms with van der Waals surface area (Å²) in [6.45, 7) is 0.394. The Labute approximate surface area is 236 Å². The first-order chi connectivity index (χ1) is 19.5. The minimum Gasteiger partial charge on any atom is -0.489 e. The summed E-state index contributed by atoms with van der Waals surface area (Å²) in [5.41, 5.74) is 4.62. The van der Waals surface area contributed by atoms with Crippen LogP contribution in [0.3, 0.4) is 0 Å². The van der Waals surface area contributed by atoms with Crippen molar-refractivity contribution < 1.29 is 19.4 Å². The Morgan fingerprint density at radius 3 is 2.33 bits per heavy atom. The highest BCUT2D eigenvalue weighted by atomic mass is 32.1. The molecule has 0 fully saturated rings. The van der Waals surface area contributed by atoms with Gasteiger partial charge in [0.05, 0.1) is 22.0 Å². The van der Waals surface area contributed by atoms with E-state index in [0.717, 1.165) is 33.1 Å². The maximum Gasteiger partial charge on any atom is 0.336 e. The van der Waals surface area contributed by atoms with Gasteiger partial charge < -0.3 is 9.84 Å². The largest absolute Gasteiger partial charge is 0.489 e. The monoisotopic (exact) mass is 564 g/mol. The smallest absolute Gasteiger partial charge is 0.336 e. The average molecular weight is 565 g/mol. The molecule has 196 valence electrons. The number of carboxylic acids is 1. The summed E-state index contributed by atoms with van der Waals surface area (Å²) in [5.74, 6) is -0.978. The van der Waals surface area contributed by atoms with Crippen LogP contribution in [0.2, 0.25) is 0 Å². The number of fused-ring (bicyclic) bond motifs is 2. The molecule has 6 aromatic rings. The van der Waals surface area contributed by atoms with Crippen molar-refractivity contribution in [1.82, 2.24) is 18.3 Å². The third-order valence-corrected chi connectivity index (χ3v) is 7.63. The van der Waals surface area contributed by atoms with E-state index >= 15 is 0 Å². The molecule has 0 atom stereocenters. The van der Waals surface area contributed by atoms with Gasteiger partial charge >= 0.3 is 5.97 Å². The third-order valence-electron chi connectivity index (χ3n) is 6.39. The Hall–Kier alpha value is -4.80. The number of aliphatic carboxylic acids is 1. The molecule has 1 N–H and O–H groups in total. The SMILES string of the molecule is O=C(O)C(=C(Cc1ccc2nnsc2c1)C(=O)c1ccc(OCc2ccccc2)cc1)c1ccc2nsnc2c1. The first-order valence-electron chi connectivity index (χ1n) is 12.3. The number of nitrogens with zero attached hydrogens (tertiary/aromatic N) is 4. The van der Waals surface area contributed by atoms with Crippen molar-refractivity contribution in [2.45, 2.75) is 13.0 Å². The minimum atomic E-state index is -1.20. The zero-order valence-electron chi connectivity index (χ0n) is 20.9. The molecule has 4 aromatic carbocycles. The zero-order chi connectivity index (χ0) is 27.5. The van der Waals surface area contributed by atoms with E-state index in [4.69, 9.17) is 4.74 Å². The van der Waals surface area contributed by atoms with Crippen LogP contribution in [0.15, 0.2) is 96.6 Å². The number of ether oxygens (including phenoxy) is 1. The van der Waals surface area contributed by atoms with Crippen molar-refractivity contribution >= 4 is 61.8 Å². The predicted octanol–water partition coefficient (Wildman–Crippen LogP) is 6.24. The fourth-order valence-corrected chi connectivity index (χ4v) is 5.54. The van der Waals surface area contributed by atoms with E-state index in [0.29, 0.717) is 34.5 Å². The molecule has 40 heavy (non-hydrogen) atoms. The summed E-state index contributed by atoms with van der Waals surface area (Å²) in [6.07, 6.45) is 0.105. The molecule has 8 nitrogen and oxygen atoms in total. The molecule has 0 spiro atoms. The normalized spacial score (nSPS) is 11.9. The van der Waals surface area contributed by atoms with Gasteiger partial charge in [-0.25, -0.2) is 4.79 Å². The van der Waals surface area contributed by atoms with Crippen molar-refractivity contribution in [3.63, 3.8) is 0 Å². The van der Waals surface area contributed by atoms with Crippen LogP contribution < -0.4 is 4.74 Å². The van der Waals surface area contributed by atoms with E-state index in [1.165, 1.54) is 11.5 Å². The number of ketones is 1. The quantitative estimate of drug-likeness (QED) is 0.162. The minimum absolute atomic E-state index is 0.0770. The molecular weight excluding hydrogens is 544 g/mol. The van der Waals surface area contributed by atoms with Gasteiger partial charge in [0.25, 0.3) is 0 Å². The first kappa shape index (κ1) is 25.5. The Morgan fingerprint density at radius 2 is 1.52 bits per heavy atom. The average Bonchev–Trinajstić information content (AvgIpc) is 3.65. The summed E-state index contributed by atoms with van der Waals surface area (Å²) in [5, 5.41) is 14.4. The lowest BCUT2D eigenvalue weighted by atomic mass is 9.89. The lowest BCUT2D eigenvalue weighted by Crippen LogP contribution is -2.14. The van der Waals surface area contributed by atoms with Crippen LogP contribution in [0, 0.1) is 0 Å². The van der Waals surface area contributed by atoms with E-state index < -0.39 is 5.97 Å². The maximum atomic E-state index is 14.0. The second-order valence-corrected chi connectivity index (χ2v) is 10.3. The van der Waals surface area contributed by atoms with E-state index in [1.807, 2.05) is 48.5 Å². The summed E-state index contributed by atoms with van der Waals surface area (Å²) in [6, 6.07) is 27.1. The number of carboxylic acid groups (broad SMARTS) is 1. The molecule has 0 saturated heterocycles. The van der Waals surface area contributed by atoms with E-state index in [-0.39, 0.29) is 23.4 Å². The number of carbonyl (C=O) groups is 2. The second kappa shape index (κ2) is 11.1. The van der Waals surface area contributed by atoms with Crippen LogP contribution in [-0.2, 0) is 17.8 Å². The van der Waals surface area contributed by atoms with Crippen molar-refractivity contribution in [1.29, 1.82) is 0 Å². The van der Waals surface area contributed by atoms with Gasteiger partial charge in [-0.3, -0.25) is 4.79 Å². The Morgan fingerprint density at radius 1 is 0.775 bits per heavy atom. The Balaban J connectivity index is 1.38. The molecule has 0 saturated carbocycles. The highest BCUT2D eigenvalue weighted by molar-refractivity contribution is 7.12. The zero-order valence-corrected chi connectivity index (χ0v) is 22.5. The second-order valence-electron chi connectivity index (χ2n) is 9.01. The van der Waals surface area contributed by atoms with Crippen LogP contribution in [-0.4, -0.2) is 35.2 Å². The van der Waals surface area contributed by atoms with Gasteiger partial charge in [0.2, 0.25) is 0 Å². The molecule has 0 bridgehead atoms. The lowest BCUT2D eigenvalue weighted by Gasteiger charge is -2.14. The standard InChI is InChI=1S/C30H20N4O4S2/c35-29(20-7-10-22(11-8-20)38-17-18-4-2-1-3-5-18)23(14-19-6-12-25-27(15-19)39-34-31-25)28(30(36)37)21-9-13-24-26(16-21)33-40-32-24/h1-13,15-16H,14,17H2,(H,36,37). The number of rotatable bonds is 9. The molecule has 0 aliphatic rings. The van der Waals surface area contributed by atoms with E-state index in [9.17, 15) is 14.7 Å². The van der Waals surface area contributed by atoms with Crippen molar-refractivity contribution in [3.8, 4) is 5.75 Å².